The highest BCUT2D eigenvalue weighted by Gasteiger charge is 2.13. The molecule has 0 saturated heterocycles. The van der Waals surface area contributed by atoms with E-state index in [1.165, 1.54) is 0 Å². The monoisotopic (exact) mass is 274 g/mol. The van der Waals surface area contributed by atoms with Gasteiger partial charge in [0.1, 0.15) is 11.5 Å². The first-order chi connectivity index (χ1) is 9.01. The SMILES string of the molecule is Cc1cc(C(C)Nc2ccc(C#N)cc2Cl)c(C)o1. The Balaban J connectivity index is 2.22. The predicted molar refractivity (Wildman–Crippen MR) is 76.4 cm³/mol. The van der Waals surface area contributed by atoms with Gasteiger partial charge in [-0.2, -0.15) is 5.26 Å². The van der Waals surface area contributed by atoms with Crippen LogP contribution in [0.3, 0.4) is 0 Å². The number of rotatable bonds is 3. The summed E-state index contributed by atoms with van der Waals surface area (Å²) in [6.07, 6.45) is 0. The van der Waals surface area contributed by atoms with Crippen molar-refractivity contribution in [1.82, 2.24) is 0 Å². The zero-order chi connectivity index (χ0) is 14.0. The summed E-state index contributed by atoms with van der Waals surface area (Å²) in [5, 5.41) is 12.7. The lowest BCUT2D eigenvalue weighted by atomic mass is 10.1. The number of anilines is 1. The Kier molecular flexibility index (Phi) is 3.82. The van der Waals surface area contributed by atoms with Crippen LogP contribution in [0.2, 0.25) is 5.02 Å². The van der Waals surface area contributed by atoms with E-state index < -0.39 is 0 Å². The normalized spacial score (nSPS) is 11.9. The smallest absolute Gasteiger partial charge is 0.106 e. The number of aryl methyl sites for hydroxylation is 2. The molecule has 0 bridgehead atoms. The molecule has 19 heavy (non-hydrogen) atoms. The number of furan rings is 1. The summed E-state index contributed by atoms with van der Waals surface area (Å²) >= 11 is 6.15. The fraction of sp³-hybridized carbons (Fsp3) is 0.267. The van der Waals surface area contributed by atoms with E-state index in [0.717, 1.165) is 22.8 Å². The van der Waals surface area contributed by atoms with Crippen molar-refractivity contribution in [3.63, 3.8) is 0 Å². The van der Waals surface area contributed by atoms with Crippen LogP contribution >= 0.6 is 11.6 Å². The molecule has 0 saturated carbocycles. The van der Waals surface area contributed by atoms with E-state index in [1.54, 1.807) is 12.1 Å². The molecule has 3 nitrogen and oxygen atoms in total. The molecule has 1 N–H and O–H groups in total. The zero-order valence-electron chi connectivity index (χ0n) is 11.1. The second-order valence-corrected chi connectivity index (χ2v) is 4.95. The maximum absolute atomic E-state index is 8.81. The van der Waals surface area contributed by atoms with Gasteiger partial charge >= 0.3 is 0 Å². The highest BCUT2D eigenvalue weighted by Crippen LogP contribution is 2.29. The van der Waals surface area contributed by atoms with Gasteiger partial charge in [0.15, 0.2) is 0 Å². The summed E-state index contributed by atoms with van der Waals surface area (Å²) in [5.74, 6) is 1.80. The van der Waals surface area contributed by atoms with E-state index in [-0.39, 0.29) is 6.04 Å². The molecule has 1 heterocycles. The molecule has 2 aromatic rings. The average Bonchev–Trinajstić information content (AvgIpc) is 2.71. The van der Waals surface area contributed by atoms with Gasteiger partial charge in [0.05, 0.1) is 28.4 Å². The lowest BCUT2D eigenvalue weighted by Crippen LogP contribution is -2.07. The van der Waals surface area contributed by atoms with Gasteiger partial charge in [0.2, 0.25) is 0 Å². The zero-order valence-corrected chi connectivity index (χ0v) is 11.9. The molecular weight excluding hydrogens is 260 g/mol. The average molecular weight is 275 g/mol. The maximum atomic E-state index is 8.81. The molecule has 2 rings (SSSR count). The molecule has 0 amide bonds. The fourth-order valence-corrected chi connectivity index (χ4v) is 2.33. The number of halogens is 1. The molecule has 1 aromatic carbocycles. The highest BCUT2D eigenvalue weighted by atomic mass is 35.5. The van der Waals surface area contributed by atoms with Gasteiger partial charge in [0, 0.05) is 5.56 Å². The summed E-state index contributed by atoms with van der Waals surface area (Å²) < 4.78 is 5.52. The van der Waals surface area contributed by atoms with Crippen molar-refractivity contribution in [2.75, 3.05) is 5.32 Å². The molecule has 0 radical (unpaired) electrons. The Hall–Kier alpha value is -1.92. The number of nitrogens with one attached hydrogen (secondary N) is 1. The third-order valence-corrected chi connectivity index (χ3v) is 3.33. The summed E-state index contributed by atoms with van der Waals surface area (Å²) in [6.45, 7) is 5.92. The molecule has 1 aromatic heterocycles. The van der Waals surface area contributed by atoms with E-state index in [1.807, 2.05) is 32.9 Å². The summed E-state index contributed by atoms with van der Waals surface area (Å²) in [4.78, 5) is 0. The van der Waals surface area contributed by atoms with Crippen molar-refractivity contribution in [3.8, 4) is 6.07 Å². The molecule has 0 aliphatic rings. The Morgan fingerprint density at radius 2 is 2.05 bits per heavy atom. The minimum Gasteiger partial charge on any atom is -0.466 e. The van der Waals surface area contributed by atoms with Gasteiger partial charge in [-0.15, -0.1) is 0 Å². The third-order valence-electron chi connectivity index (χ3n) is 3.02. The van der Waals surface area contributed by atoms with Crippen molar-refractivity contribution in [2.45, 2.75) is 26.8 Å². The van der Waals surface area contributed by atoms with E-state index in [9.17, 15) is 0 Å². The Morgan fingerprint density at radius 3 is 2.58 bits per heavy atom. The molecule has 0 spiro atoms. The lowest BCUT2D eigenvalue weighted by molar-refractivity contribution is 0.500. The van der Waals surface area contributed by atoms with Crippen LogP contribution in [-0.2, 0) is 0 Å². The molecule has 4 heteroatoms. The minimum atomic E-state index is 0.0860. The number of hydrogen-bond acceptors (Lipinski definition) is 3. The first-order valence-electron chi connectivity index (χ1n) is 6.04. The summed E-state index contributed by atoms with van der Waals surface area (Å²) in [7, 11) is 0. The summed E-state index contributed by atoms with van der Waals surface area (Å²) in [6, 6.07) is 9.39. The highest BCUT2D eigenvalue weighted by molar-refractivity contribution is 6.33. The van der Waals surface area contributed by atoms with Crippen molar-refractivity contribution in [3.05, 3.63) is 51.9 Å². The Bertz CT molecular complexity index is 640. The molecule has 98 valence electrons. The van der Waals surface area contributed by atoms with Crippen LogP contribution in [0.5, 0.6) is 0 Å². The van der Waals surface area contributed by atoms with Gasteiger partial charge in [-0.25, -0.2) is 0 Å². The van der Waals surface area contributed by atoms with E-state index in [4.69, 9.17) is 21.3 Å². The molecule has 0 aliphatic heterocycles. The predicted octanol–water partition coefficient (Wildman–Crippen LogP) is 4.59. The Morgan fingerprint density at radius 1 is 1.32 bits per heavy atom. The molecule has 0 fully saturated rings. The quantitative estimate of drug-likeness (QED) is 0.890. The maximum Gasteiger partial charge on any atom is 0.106 e. The summed E-state index contributed by atoms with van der Waals surface area (Å²) in [5.41, 5.74) is 2.47. The number of nitriles is 1. The van der Waals surface area contributed by atoms with Crippen LogP contribution in [0.15, 0.2) is 28.7 Å². The number of hydrogen-bond donors (Lipinski definition) is 1. The van der Waals surface area contributed by atoms with E-state index in [2.05, 4.69) is 11.4 Å². The van der Waals surface area contributed by atoms with Crippen LogP contribution in [0.1, 0.15) is 35.6 Å². The molecule has 1 atom stereocenters. The van der Waals surface area contributed by atoms with Crippen molar-refractivity contribution in [2.24, 2.45) is 0 Å². The van der Waals surface area contributed by atoms with Crippen molar-refractivity contribution < 1.29 is 4.42 Å². The van der Waals surface area contributed by atoms with Gasteiger partial charge in [-0.1, -0.05) is 11.6 Å². The van der Waals surface area contributed by atoms with Gasteiger partial charge < -0.3 is 9.73 Å². The van der Waals surface area contributed by atoms with Crippen LogP contribution in [0.4, 0.5) is 5.69 Å². The Labute approximate surface area is 117 Å². The van der Waals surface area contributed by atoms with Crippen LogP contribution in [-0.4, -0.2) is 0 Å². The standard InChI is InChI=1S/C15H15ClN2O/c1-9-6-13(11(3)19-9)10(2)18-15-5-4-12(8-17)7-14(15)16/h4-7,10,18H,1-3H3. The van der Waals surface area contributed by atoms with E-state index >= 15 is 0 Å². The van der Waals surface area contributed by atoms with Crippen molar-refractivity contribution >= 4 is 17.3 Å². The van der Waals surface area contributed by atoms with Crippen LogP contribution in [0.25, 0.3) is 0 Å². The largest absolute Gasteiger partial charge is 0.466 e. The topological polar surface area (TPSA) is 49.0 Å². The number of benzene rings is 1. The third kappa shape index (κ3) is 2.91. The lowest BCUT2D eigenvalue weighted by Gasteiger charge is -2.16. The van der Waals surface area contributed by atoms with Crippen LogP contribution in [0, 0.1) is 25.2 Å². The fourth-order valence-electron chi connectivity index (χ4n) is 2.09. The van der Waals surface area contributed by atoms with Crippen molar-refractivity contribution in [1.29, 1.82) is 5.26 Å². The number of nitrogens with zero attached hydrogens (tertiary/aromatic N) is 1. The second kappa shape index (κ2) is 5.38. The van der Waals surface area contributed by atoms with Crippen LogP contribution < -0.4 is 5.32 Å². The van der Waals surface area contributed by atoms with Gasteiger partial charge in [-0.3, -0.25) is 0 Å². The first kappa shape index (κ1) is 13.5. The van der Waals surface area contributed by atoms with E-state index in [0.29, 0.717) is 10.6 Å². The second-order valence-electron chi connectivity index (χ2n) is 4.54. The first-order valence-corrected chi connectivity index (χ1v) is 6.42. The molecule has 1 unspecified atom stereocenters. The molecule has 0 aliphatic carbocycles. The van der Waals surface area contributed by atoms with Gasteiger partial charge in [-0.05, 0) is 45.0 Å². The van der Waals surface area contributed by atoms with Gasteiger partial charge in [0.25, 0.3) is 0 Å². The molecular formula is C15H15ClN2O. The minimum absolute atomic E-state index is 0.0860.